The van der Waals surface area contributed by atoms with Gasteiger partial charge in [-0.3, -0.25) is 4.79 Å². The average Bonchev–Trinajstić information content (AvgIpc) is 2.24. The van der Waals surface area contributed by atoms with Gasteiger partial charge in [-0.25, -0.2) is 0 Å². The molecule has 1 aliphatic heterocycles. The highest BCUT2D eigenvalue weighted by atomic mass is 16.1. The van der Waals surface area contributed by atoms with Crippen LogP contribution in [0.4, 0.5) is 0 Å². The van der Waals surface area contributed by atoms with Crippen LogP contribution in [0.2, 0.25) is 0 Å². The normalized spacial score (nSPS) is 24.9. The molecule has 1 fully saturated rings. The summed E-state index contributed by atoms with van der Waals surface area (Å²) in [5, 5.41) is 3.47. The van der Waals surface area contributed by atoms with Crippen LogP contribution in [0.3, 0.4) is 0 Å². The Kier molecular flexibility index (Phi) is 3.38. The highest BCUT2D eigenvalue weighted by Gasteiger charge is 2.27. The third-order valence-electron chi connectivity index (χ3n) is 3.78. The van der Waals surface area contributed by atoms with Gasteiger partial charge in [-0.1, -0.05) is 6.92 Å². The minimum Gasteiger partial charge on any atom is -0.348 e. The molecule has 1 atom stereocenters. The molecular weight excluding hydrogens is 212 g/mol. The van der Waals surface area contributed by atoms with Crippen LogP contribution < -0.4 is 10.7 Å². The zero-order chi connectivity index (χ0) is 12.5. The summed E-state index contributed by atoms with van der Waals surface area (Å²) in [4.78, 5) is 11.4. The molecule has 3 heteroatoms. The number of hydrogen-bond donors (Lipinski definition) is 1. The largest absolute Gasteiger partial charge is 0.348 e. The summed E-state index contributed by atoms with van der Waals surface area (Å²) in [6.45, 7) is 9.58. The molecule has 3 nitrogen and oxygen atoms in total. The Hall–Kier alpha value is -1.09. The predicted octanol–water partition coefficient (Wildman–Crippen LogP) is 1.85. The van der Waals surface area contributed by atoms with Crippen LogP contribution in [-0.4, -0.2) is 17.7 Å². The van der Waals surface area contributed by atoms with Crippen molar-refractivity contribution in [1.29, 1.82) is 0 Å². The molecule has 1 saturated heterocycles. The molecule has 2 heterocycles. The molecule has 0 saturated carbocycles. The second-order valence-electron chi connectivity index (χ2n) is 5.65. The zero-order valence-corrected chi connectivity index (χ0v) is 11.0. The Balaban J connectivity index is 2.26. The van der Waals surface area contributed by atoms with Gasteiger partial charge in [-0.05, 0) is 38.6 Å². The molecule has 0 radical (unpaired) electrons. The van der Waals surface area contributed by atoms with Gasteiger partial charge in [0.1, 0.15) is 0 Å². The number of aryl methyl sites for hydroxylation is 2. The van der Waals surface area contributed by atoms with Gasteiger partial charge in [0.25, 0.3) is 0 Å². The van der Waals surface area contributed by atoms with Crippen molar-refractivity contribution in [3.63, 3.8) is 0 Å². The quantitative estimate of drug-likeness (QED) is 0.847. The highest BCUT2D eigenvalue weighted by Crippen LogP contribution is 2.28. The number of pyridine rings is 1. The van der Waals surface area contributed by atoms with E-state index in [0.29, 0.717) is 5.41 Å². The zero-order valence-electron chi connectivity index (χ0n) is 11.0. The highest BCUT2D eigenvalue weighted by molar-refractivity contribution is 5.12. The first-order valence-corrected chi connectivity index (χ1v) is 6.39. The topological polar surface area (TPSA) is 34.0 Å². The molecule has 1 aromatic rings. The van der Waals surface area contributed by atoms with E-state index >= 15 is 0 Å². The molecule has 0 aliphatic carbocycles. The number of nitrogens with one attached hydrogen (secondary N) is 1. The Morgan fingerprint density at radius 1 is 1.35 bits per heavy atom. The van der Waals surface area contributed by atoms with Crippen molar-refractivity contribution in [2.75, 3.05) is 13.1 Å². The average molecular weight is 234 g/mol. The van der Waals surface area contributed by atoms with Gasteiger partial charge in [0, 0.05) is 36.6 Å². The standard InChI is InChI=1S/C14H22N2O/c1-11-7-13(17)8-12(2)16(11)10-14(3)5-4-6-15-9-14/h7-8,15H,4-6,9-10H2,1-3H3. The Morgan fingerprint density at radius 3 is 2.53 bits per heavy atom. The number of nitrogens with zero attached hydrogens (tertiary/aromatic N) is 1. The number of aromatic nitrogens is 1. The summed E-state index contributed by atoms with van der Waals surface area (Å²) >= 11 is 0. The van der Waals surface area contributed by atoms with E-state index < -0.39 is 0 Å². The van der Waals surface area contributed by atoms with E-state index in [2.05, 4.69) is 16.8 Å². The van der Waals surface area contributed by atoms with Crippen molar-refractivity contribution < 1.29 is 0 Å². The van der Waals surface area contributed by atoms with Gasteiger partial charge in [-0.15, -0.1) is 0 Å². The van der Waals surface area contributed by atoms with Crippen LogP contribution in [-0.2, 0) is 6.54 Å². The van der Waals surface area contributed by atoms with E-state index in [1.807, 2.05) is 13.8 Å². The third kappa shape index (κ3) is 2.78. The maximum absolute atomic E-state index is 11.4. The molecule has 1 unspecified atom stereocenters. The van der Waals surface area contributed by atoms with E-state index in [9.17, 15) is 4.79 Å². The molecule has 1 aromatic heterocycles. The fourth-order valence-electron chi connectivity index (χ4n) is 2.77. The molecule has 0 spiro atoms. The second-order valence-corrected chi connectivity index (χ2v) is 5.65. The van der Waals surface area contributed by atoms with Gasteiger partial charge in [-0.2, -0.15) is 0 Å². The van der Waals surface area contributed by atoms with Crippen molar-refractivity contribution >= 4 is 0 Å². The minimum atomic E-state index is 0.114. The van der Waals surface area contributed by atoms with E-state index in [4.69, 9.17) is 0 Å². The maximum atomic E-state index is 11.4. The summed E-state index contributed by atoms with van der Waals surface area (Å²) in [5.41, 5.74) is 2.56. The molecule has 1 aliphatic rings. The van der Waals surface area contributed by atoms with Crippen LogP contribution in [0, 0.1) is 19.3 Å². The first kappa shape index (κ1) is 12.4. The van der Waals surface area contributed by atoms with E-state index in [1.54, 1.807) is 12.1 Å². The lowest BCUT2D eigenvalue weighted by Crippen LogP contribution is -2.41. The van der Waals surface area contributed by atoms with Crippen LogP contribution in [0.25, 0.3) is 0 Å². The Morgan fingerprint density at radius 2 is 2.00 bits per heavy atom. The molecule has 94 valence electrons. The summed E-state index contributed by atoms with van der Waals surface area (Å²) < 4.78 is 2.27. The minimum absolute atomic E-state index is 0.114. The van der Waals surface area contributed by atoms with Gasteiger partial charge >= 0.3 is 0 Å². The molecule has 1 N–H and O–H groups in total. The number of rotatable bonds is 2. The third-order valence-corrected chi connectivity index (χ3v) is 3.78. The van der Waals surface area contributed by atoms with Gasteiger partial charge in [0.05, 0.1) is 0 Å². The lowest BCUT2D eigenvalue weighted by molar-refractivity contribution is 0.198. The lowest BCUT2D eigenvalue weighted by Gasteiger charge is -2.36. The van der Waals surface area contributed by atoms with Crippen molar-refractivity contribution in [1.82, 2.24) is 9.88 Å². The molecule has 17 heavy (non-hydrogen) atoms. The maximum Gasteiger partial charge on any atom is 0.182 e. The van der Waals surface area contributed by atoms with Crippen LogP contribution in [0.1, 0.15) is 31.2 Å². The fraction of sp³-hybridized carbons (Fsp3) is 0.643. The second kappa shape index (κ2) is 4.65. The molecule has 0 amide bonds. The van der Waals surface area contributed by atoms with Crippen molar-refractivity contribution in [3.8, 4) is 0 Å². The van der Waals surface area contributed by atoms with E-state index in [1.165, 1.54) is 12.8 Å². The molecule has 2 rings (SSSR count). The van der Waals surface area contributed by atoms with Crippen LogP contribution >= 0.6 is 0 Å². The first-order valence-electron chi connectivity index (χ1n) is 6.39. The first-order chi connectivity index (χ1) is 8.00. The van der Waals surface area contributed by atoms with Crippen LogP contribution in [0.5, 0.6) is 0 Å². The molecule has 0 aromatic carbocycles. The van der Waals surface area contributed by atoms with Crippen molar-refractivity contribution in [3.05, 3.63) is 33.7 Å². The van der Waals surface area contributed by atoms with Crippen molar-refractivity contribution in [2.45, 2.75) is 40.2 Å². The number of piperidine rings is 1. The smallest absolute Gasteiger partial charge is 0.182 e. The fourth-order valence-corrected chi connectivity index (χ4v) is 2.77. The van der Waals surface area contributed by atoms with E-state index in [-0.39, 0.29) is 5.43 Å². The summed E-state index contributed by atoms with van der Waals surface area (Å²) in [7, 11) is 0. The van der Waals surface area contributed by atoms with Crippen LogP contribution in [0.15, 0.2) is 16.9 Å². The summed E-state index contributed by atoms with van der Waals surface area (Å²) in [5.74, 6) is 0. The van der Waals surface area contributed by atoms with Crippen molar-refractivity contribution in [2.24, 2.45) is 5.41 Å². The van der Waals surface area contributed by atoms with Gasteiger partial charge in [0.2, 0.25) is 0 Å². The monoisotopic (exact) mass is 234 g/mol. The van der Waals surface area contributed by atoms with E-state index in [0.717, 1.165) is 31.0 Å². The Bertz CT molecular complexity index is 430. The summed E-state index contributed by atoms with van der Waals surface area (Å²) in [6, 6.07) is 3.46. The summed E-state index contributed by atoms with van der Waals surface area (Å²) in [6.07, 6.45) is 2.50. The lowest BCUT2D eigenvalue weighted by atomic mass is 9.82. The SMILES string of the molecule is Cc1cc(=O)cc(C)n1CC1(C)CCCNC1. The predicted molar refractivity (Wildman–Crippen MR) is 70.4 cm³/mol. The number of hydrogen-bond acceptors (Lipinski definition) is 2. The van der Waals surface area contributed by atoms with Gasteiger partial charge in [0.15, 0.2) is 5.43 Å². The van der Waals surface area contributed by atoms with Gasteiger partial charge < -0.3 is 9.88 Å². The Labute approximate surface area is 103 Å². The molecule has 0 bridgehead atoms. The molecular formula is C14H22N2O.